The Labute approximate surface area is 230 Å². The zero-order chi connectivity index (χ0) is 27.5. The van der Waals surface area contributed by atoms with Crippen LogP contribution >= 0.6 is 0 Å². The number of rotatable bonds is 8. The van der Waals surface area contributed by atoms with Crippen LogP contribution in [0.15, 0.2) is 96.4 Å². The van der Waals surface area contributed by atoms with Crippen molar-refractivity contribution < 1.29 is 14.9 Å². The van der Waals surface area contributed by atoms with Gasteiger partial charge in [-0.3, -0.25) is 4.57 Å². The Balaban J connectivity index is 1.20. The molecule has 2 aromatic heterocycles. The molecule has 1 fully saturated rings. The number of fused-ring (bicyclic) bond motifs is 1. The molecule has 6 rings (SSSR count). The van der Waals surface area contributed by atoms with E-state index in [0.29, 0.717) is 17.6 Å². The van der Waals surface area contributed by atoms with Crippen LogP contribution in [0.2, 0.25) is 0 Å². The lowest BCUT2D eigenvalue weighted by Crippen LogP contribution is -2.24. The predicted molar refractivity (Wildman–Crippen MR) is 154 cm³/mol. The number of hydrogen-bond donors (Lipinski definition) is 4. The molecule has 0 radical (unpaired) electrons. The number of benzene rings is 3. The fourth-order valence-electron chi connectivity index (χ4n) is 4.72. The zero-order valence-electron chi connectivity index (χ0n) is 21.4. The maximum absolute atomic E-state index is 10.1. The number of hydrogen-bond acceptors (Lipinski definition) is 10. The van der Waals surface area contributed by atoms with E-state index >= 15 is 0 Å². The Kier molecular flexibility index (Phi) is 7.06. The highest BCUT2D eigenvalue weighted by molar-refractivity contribution is 5.84. The molecule has 0 aliphatic carbocycles. The average molecular weight is 537 g/mol. The van der Waals surface area contributed by atoms with Gasteiger partial charge in [-0.2, -0.15) is 15.1 Å². The number of ether oxygens (including phenoxy) is 1. The van der Waals surface area contributed by atoms with E-state index in [0.717, 1.165) is 22.6 Å². The molecule has 0 amide bonds. The van der Waals surface area contributed by atoms with Gasteiger partial charge < -0.3 is 25.6 Å². The number of nitrogens with one attached hydrogen (secondary N) is 1. The van der Waals surface area contributed by atoms with Gasteiger partial charge in [-0.25, -0.2) is 10.4 Å². The minimum Gasteiger partial charge on any atom is -0.394 e. The molecular weight excluding hydrogens is 508 g/mol. The van der Waals surface area contributed by atoms with Crippen LogP contribution in [-0.4, -0.2) is 54.8 Å². The van der Waals surface area contributed by atoms with Crippen molar-refractivity contribution in [2.24, 2.45) is 5.10 Å². The number of para-hydroxylation sites is 2. The van der Waals surface area contributed by atoms with Crippen LogP contribution in [0.4, 0.5) is 28.8 Å². The van der Waals surface area contributed by atoms with Gasteiger partial charge in [0.2, 0.25) is 5.95 Å². The summed E-state index contributed by atoms with van der Waals surface area (Å²) in [5.74, 6) is 0.376. The number of aliphatic hydroxyl groups is 2. The summed E-state index contributed by atoms with van der Waals surface area (Å²) in [5, 5.41) is 23.8. The van der Waals surface area contributed by atoms with Gasteiger partial charge in [0.15, 0.2) is 11.5 Å². The van der Waals surface area contributed by atoms with Crippen molar-refractivity contribution in [1.82, 2.24) is 19.5 Å². The lowest BCUT2D eigenvalue weighted by Gasteiger charge is -2.25. The topological polar surface area (TPSA) is 147 Å². The Morgan fingerprint density at radius 3 is 2.25 bits per heavy atom. The average Bonchev–Trinajstić information content (AvgIpc) is 3.58. The van der Waals surface area contributed by atoms with Crippen molar-refractivity contribution in [2.45, 2.75) is 24.9 Å². The summed E-state index contributed by atoms with van der Waals surface area (Å²) in [6.07, 6.45) is 1.52. The first kappa shape index (κ1) is 25.4. The quantitative estimate of drug-likeness (QED) is 0.171. The lowest BCUT2D eigenvalue weighted by molar-refractivity contribution is -0.0432. The second-order valence-electron chi connectivity index (χ2n) is 9.34. The van der Waals surface area contributed by atoms with Crippen LogP contribution < -0.4 is 16.1 Å². The van der Waals surface area contributed by atoms with Crippen LogP contribution in [0, 0.1) is 0 Å². The van der Waals surface area contributed by atoms with E-state index in [4.69, 9.17) is 10.5 Å². The molecule has 1 aliphatic rings. The van der Waals surface area contributed by atoms with Crippen LogP contribution in [0.25, 0.3) is 11.2 Å². The molecular formula is C29H28N8O3. The highest BCUT2D eigenvalue weighted by Crippen LogP contribution is 2.34. The van der Waals surface area contributed by atoms with Crippen LogP contribution in [-0.2, 0) is 4.74 Å². The SMILES string of the molecule is Nc1nc(N/N=C/c2ccc(N(c3ccccc3)c3ccccc3)cc2)nc2c1ncn2[C@H]1C[C@@H](O)[C@@H](CO)O1. The van der Waals surface area contributed by atoms with E-state index < -0.39 is 18.4 Å². The number of nitrogen functional groups attached to an aromatic ring is 1. The van der Waals surface area contributed by atoms with Gasteiger partial charge in [-0.1, -0.05) is 48.5 Å². The van der Waals surface area contributed by atoms with Crippen LogP contribution in [0.3, 0.4) is 0 Å². The van der Waals surface area contributed by atoms with Gasteiger partial charge in [-0.05, 0) is 42.0 Å². The fourth-order valence-corrected chi connectivity index (χ4v) is 4.72. The molecule has 3 aromatic carbocycles. The second-order valence-corrected chi connectivity index (χ2v) is 9.34. The van der Waals surface area contributed by atoms with Crippen LogP contribution in [0.1, 0.15) is 18.2 Å². The van der Waals surface area contributed by atoms with Crippen molar-refractivity contribution >= 4 is 46.2 Å². The van der Waals surface area contributed by atoms with Gasteiger partial charge in [0, 0.05) is 23.5 Å². The number of hydrazone groups is 1. The van der Waals surface area contributed by atoms with E-state index in [1.165, 1.54) is 6.33 Å². The van der Waals surface area contributed by atoms with Crippen LogP contribution in [0.5, 0.6) is 0 Å². The largest absolute Gasteiger partial charge is 0.394 e. The standard InChI is InChI=1S/C29H28N8O3/c30-27-26-28(36(18-31-26)25-15-23(39)24(17-38)40-25)34-29(33-27)35-32-16-19-11-13-22(14-12-19)37(20-7-3-1-4-8-20)21-9-5-2-6-10-21/h1-14,16,18,23-25,38-39H,15,17H2,(H3,30,33,34,35)/b32-16+/t23-,24-,25-/m1/s1. The van der Waals surface area contributed by atoms with Gasteiger partial charge in [0.25, 0.3) is 0 Å². The molecule has 202 valence electrons. The van der Waals surface area contributed by atoms with Crippen molar-refractivity contribution in [3.63, 3.8) is 0 Å². The van der Waals surface area contributed by atoms with Gasteiger partial charge in [0.1, 0.15) is 17.8 Å². The van der Waals surface area contributed by atoms with Gasteiger partial charge >= 0.3 is 0 Å². The predicted octanol–water partition coefficient (Wildman–Crippen LogP) is 3.97. The Hall–Kier alpha value is -4.84. The third-order valence-corrected chi connectivity index (χ3v) is 6.70. The van der Waals surface area contributed by atoms with Crippen molar-refractivity contribution in [3.05, 3.63) is 96.8 Å². The molecule has 1 aliphatic heterocycles. The minimum atomic E-state index is -0.785. The summed E-state index contributed by atoms with van der Waals surface area (Å²) in [5.41, 5.74) is 13.8. The summed E-state index contributed by atoms with van der Waals surface area (Å²) in [7, 11) is 0. The molecule has 5 aromatic rings. The molecule has 1 saturated heterocycles. The normalized spacial score (nSPS) is 18.9. The molecule has 0 spiro atoms. The summed E-state index contributed by atoms with van der Waals surface area (Å²) < 4.78 is 7.42. The van der Waals surface area contributed by atoms with Crippen molar-refractivity contribution in [1.29, 1.82) is 0 Å². The summed E-state index contributed by atoms with van der Waals surface area (Å²) in [4.78, 5) is 15.2. The first-order valence-electron chi connectivity index (χ1n) is 12.8. The molecule has 3 heterocycles. The summed E-state index contributed by atoms with van der Waals surface area (Å²) in [6.45, 7) is -0.277. The molecule has 11 nitrogen and oxygen atoms in total. The minimum absolute atomic E-state index is 0.185. The Bertz CT molecular complexity index is 1570. The third-order valence-electron chi connectivity index (χ3n) is 6.70. The van der Waals surface area contributed by atoms with Crippen molar-refractivity contribution in [3.8, 4) is 0 Å². The molecule has 0 bridgehead atoms. The Morgan fingerprint density at radius 1 is 0.975 bits per heavy atom. The molecule has 3 atom stereocenters. The summed E-state index contributed by atoms with van der Waals surface area (Å²) >= 11 is 0. The molecule has 5 N–H and O–H groups in total. The maximum atomic E-state index is 10.1. The molecule has 11 heteroatoms. The fraction of sp³-hybridized carbons (Fsp3) is 0.172. The number of aromatic nitrogens is 4. The van der Waals surface area contributed by atoms with Crippen molar-refractivity contribution in [2.75, 3.05) is 22.7 Å². The number of nitrogens with two attached hydrogens (primary N) is 1. The van der Waals surface area contributed by atoms with E-state index in [-0.39, 0.29) is 18.4 Å². The first-order chi connectivity index (χ1) is 19.6. The lowest BCUT2D eigenvalue weighted by atomic mass is 10.1. The smallest absolute Gasteiger partial charge is 0.247 e. The maximum Gasteiger partial charge on any atom is 0.247 e. The highest BCUT2D eigenvalue weighted by Gasteiger charge is 2.35. The number of nitrogens with zero attached hydrogens (tertiary/aromatic N) is 6. The second kappa shape index (κ2) is 11.1. The number of imidazole rings is 1. The number of anilines is 5. The van der Waals surface area contributed by atoms with E-state index in [9.17, 15) is 10.2 Å². The van der Waals surface area contributed by atoms with E-state index in [1.807, 2.05) is 60.7 Å². The Morgan fingerprint density at radius 2 is 1.62 bits per heavy atom. The van der Waals surface area contributed by atoms with E-state index in [2.05, 4.69) is 54.6 Å². The highest BCUT2D eigenvalue weighted by atomic mass is 16.5. The zero-order valence-corrected chi connectivity index (χ0v) is 21.4. The van der Waals surface area contributed by atoms with Gasteiger partial charge in [-0.15, -0.1) is 0 Å². The first-order valence-corrected chi connectivity index (χ1v) is 12.8. The molecule has 0 unspecified atom stereocenters. The number of aliphatic hydroxyl groups excluding tert-OH is 2. The van der Waals surface area contributed by atoms with Gasteiger partial charge in [0.05, 0.1) is 25.3 Å². The van der Waals surface area contributed by atoms with E-state index in [1.54, 1.807) is 10.8 Å². The summed E-state index contributed by atoms with van der Waals surface area (Å²) in [6, 6.07) is 28.4. The molecule has 40 heavy (non-hydrogen) atoms. The molecule has 0 saturated carbocycles. The third kappa shape index (κ3) is 5.08. The monoisotopic (exact) mass is 536 g/mol.